The fourth-order valence-electron chi connectivity index (χ4n) is 2.69. The average Bonchev–Trinajstić information content (AvgIpc) is 2.65. The highest BCUT2D eigenvalue weighted by molar-refractivity contribution is 5.82. The zero-order valence-corrected chi connectivity index (χ0v) is 12.2. The molecule has 110 valence electrons. The van der Waals surface area contributed by atoms with E-state index in [1.165, 1.54) is 5.56 Å². The summed E-state index contributed by atoms with van der Waals surface area (Å²) in [6, 6.07) is 10.5. The number of carbonyl (C=O) groups excluding carboxylic acids is 1. The fraction of sp³-hybridized carbons (Fsp3) is 0.562. The molecule has 1 aromatic rings. The van der Waals surface area contributed by atoms with Crippen LogP contribution in [0.5, 0.6) is 0 Å². The summed E-state index contributed by atoms with van der Waals surface area (Å²) in [4.78, 5) is 14.5. The molecule has 1 heterocycles. The summed E-state index contributed by atoms with van der Waals surface area (Å²) in [5.41, 5.74) is 7.03. The molecule has 3 N–H and O–H groups in total. The molecule has 1 unspecified atom stereocenters. The summed E-state index contributed by atoms with van der Waals surface area (Å²) in [7, 11) is 0. The molecule has 2 rings (SSSR count). The van der Waals surface area contributed by atoms with Crippen LogP contribution in [0.25, 0.3) is 0 Å². The average molecular weight is 275 g/mol. The van der Waals surface area contributed by atoms with E-state index in [1.54, 1.807) is 0 Å². The predicted octanol–water partition coefficient (Wildman–Crippen LogP) is 1.16. The molecule has 1 aliphatic rings. The molecule has 1 aromatic carbocycles. The molecule has 0 saturated carbocycles. The van der Waals surface area contributed by atoms with Gasteiger partial charge in [0.2, 0.25) is 5.91 Å². The first-order valence-electron chi connectivity index (χ1n) is 7.53. The zero-order chi connectivity index (χ0) is 14.4. The molecule has 20 heavy (non-hydrogen) atoms. The molecule has 0 aromatic heterocycles. The van der Waals surface area contributed by atoms with Crippen LogP contribution >= 0.6 is 0 Å². The van der Waals surface area contributed by atoms with Crippen molar-refractivity contribution in [2.24, 2.45) is 5.73 Å². The lowest BCUT2D eigenvalue weighted by atomic mass is 10.1. The monoisotopic (exact) mass is 275 g/mol. The number of nitrogens with two attached hydrogens (primary N) is 1. The number of hydrogen-bond donors (Lipinski definition) is 2. The standard InChI is InChI=1S/C16H25N3O/c1-2-15-16(20)19(11-9-14(12-17)18-15)10-8-13-6-4-3-5-7-13/h3-7,14-15,18H,2,8-12,17H2,1H3/t14?,15-/m0/s1. The third-order valence-corrected chi connectivity index (χ3v) is 4.00. The Labute approximate surface area is 121 Å². The van der Waals surface area contributed by atoms with Gasteiger partial charge in [0, 0.05) is 25.7 Å². The Hall–Kier alpha value is -1.39. The molecule has 4 nitrogen and oxygen atoms in total. The maximum Gasteiger partial charge on any atom is 0.239 e. The van der Waals surface area contributed by atoms with E-state index in [4.69, 9.17) is 5.73 Å². The number of nitrogens with zero attached hydrogens (tertiary/aromatic N) is 1. The number of rotatable bonds is 5. The zero-order valence-electron chi connectivity index (χ0n) is 12.2. The lowest BCUT2D eigenvalue weighted by Gasteiger charge is -2.23. The van der Waals surface area contributed by atoms with Gasteiger partial charge in [0.05, 0.1) is 6.04 Å². The Morgan fingerprint density at radius 3 is 2.75 bits per heavy atom. The van der Waals surface area contributed by atoms with E-state index < -0.39 is 0 Å². The molecule has 1 fully saturated rings. The van der Waals surface area contributed by atoms with Crippen LogP contribution in [0, 0.1) is 0 Å². The van der Waals surface area contributed by atoms with Gasteiger partial charge >= 0.3 is 0 Å². The minimum Gasteiger partial charge on any atom is -0.341 e. The topological polar surface area (TPSA) is 58.4 Å². The van der Waals surface area contributed by atoms with Crippen molar-refractivity contribution in [3.8, 4) is 0 Å². The Balaban J connectivity index is 1.97. The van der Waals surface area contributed by atoms with Gasteiger partial charge in [0.15, 0.2) is 0 Å². The van der Waals surface area contributed by atoms with Gasteiger partial charge in [-0.2, -0.15) is 0 Å². The van der Waals surface area contributed by atoms with Crippen molar-refractivity contribution in [2.75, 3.05) is 19.6 Å². The maximum absolute atomic E-state index is 12.5. The molecular formula is C16H25N3O. The van der Waals surface area contributed by atoms with Crippen molar-refractivity contribution in [1.82, 2.24) is 10.2 Å². The largest absolute Gasteiger partial charge is 0.341 e. The number of hydrogen-bond acceptors (Lipinski definition) is 3. The first-order chi connectivity index (χ1) is 9.74. The summed E-state index contributed by atoms with van der Waals surface area (Å²) in [6.45, 7) is 4.23. The van der Waals surface area contributed by atoms with Crippen LogP contribution in [-0.2, 0) is 11.2 Å². The van der Waals surface area contributed by atoms with Crippen LogP contribution in [0.4, 0.5) is 0 Å². The van der Waals surface area contributed by atoms with Crippen LogP contribution in [0.1, 0.15) is 25.3 Å². The van der Waals surface area contributed by atoms with Crippen molar-refractivity contribution in [3.63, 3.8) is 0 Å². The van der Waals surface area contributed by atoms with Gasteiger partial charge < -0.3 is 16.0 Å². The molecule has 2 atom stereocenters. The molecule has 4 heteroatoms. The number of nitrogens with one attached hydrogen (secondary N) is 1. The highest BCUT2D eigenvalue weighted by atomic mass is 16.2. The van der Waals surface area contributed by atoms with Crippen LogP contribution in [0.3, 0.4) is 0 Å². The fourth-order valence-corrected chi connectivity index (χ4v) is 2.69. The van der Waals surface area contributed by atoms with E-state index in [0.717, 1.165) is 32.4 Å². The van der Waals surface area contributed by atoms with Crippen molar-refractivity contribution in [1.29, 1.82) is 0 Å². The van der Waals surface area contributed by atoms with Crippen LogP contribution in [-0.4, -0.2) is 42.5 Å². The Morgan fingerprint density at radius 1 is 1.35 bits per heavy atom. The second-order valence-corrected chi connectivity index (χ2v) is 5.41. The quantitative estimate of drug-likeness (QED) is 0.848. The maximum atomic E-state index is 12.5. The molecule has 0 aliphatic carbocycles. The van der Waals surface area contributed by atoms with Gasteiger partial charge in [-0.3, -0.25) is 4.79 Å². The van der Waals surface area contributed by atoms with E-state index in [0.29, 0.717) is 6.54 Å². The summed E-state index contributed by atoms with van der Waals surface area (Å²) < 4.78 is 0. The molecule has 0 spiro atoms. The smallest absolute Gasteiger partial charge is 0.239 e. The van der Waals surface area contributed by atoms with Gasteiger partial charge in [-0.25, -0.2) is 0 Å². The van der Waals surface area contributed by atoms with Gasteiger partial charge in [-0.1, -0.05) is 37.3 Å². The molecule has 0 bridgehead atoms. The summed E-state index contributed by atoms with van der Waals surface area (Å²) in [5, 5.41) is 3.38. The van der Waals surface area contributed by atoms with E-state index in [9.17, 15) is 4.79 Å². The van der Waals surface area contributed by atoms with Crippen LogP contribution in [0.15, 0.2) is 30.3 Å². The number of benzene rings is 1. The summed E-state index contributed by atoms with van der Waals surface area (Å²) in [5.74, 6) is 0.222. The summed E-state index contributed by atoms with van der Waals surface area (Å²) in [6.07, 6.45) is 2.67. The lowest BCUT2D eigenvalue weighted by Crippen LogP contribution is -2.47. The van der Waals surface area contributed by atoms with E-state index in [1.807, 2.05) is 30.0 Å². The third kappa shape index (κ3) is 3.81. The van der Waals surface area contributed by atoms with E-state index >= 15 is 0 Å². The number of carbonyl (C=O) groups is 1. The van der Waals surface area contributed by atoms with Crippen molar-refractivity contribution in [3.05, 3.63) is 35.9 Å². The highest BCUT2D eigenvalue weighted by Gasteiger charge is 2.28. The normalized spacial score (nSPS) is 23.7. The molecular weight excluding hydrogens is 250 g/mol. The SMILES string of the molecule is CC[C@@H]1NC(CN)CCN(CCc2ccccc2)C1=O. The minimum atomic E-state index is -0.0816. The van der Waals surface area contributed by atoms with Crippen molar-refractivity contribution < 1.29 is 4.79 Å². The minimum absolute atomic E-state index is 0.0816. The molecule has 1 saturated heterocycles. The first-order valence-corrected chi connectivity index (χ1v) is 7.53. The Bertz CT molecular complexity index is 421. The van der Waals surface area contributed by atoms with Crippen LogP contribution < -0.4 is 11.1 Å². The highest BCUT2D eigenvalue weighted by Crippen LogP contribution is 2.11. The van der Waals surface area contributed by atoms with Crippen molar-refractivity contribution >= 4 is 5.91 Å². The van der Waals surface area contributed by atoms with Crippen molar-refractivity contribution in [2.45, 2.75) is 38.3 Å². The molecule has 0 radical (unpaired) electrons. The van der Waals surface area contributed by atoms with Gasteiger partial charge in [-0.15, -0.1) is 0 Å². The Kier molecular flexibility index (Phi) is 5.56. The van der Waals surface area contributed by atoms with Gasteiger partial charge in [-0.05, 0) is 24.8 Å². The second-order valence-electron chi connectivity index (χ2n) is 5.41. The third-order valence-electron chi connectivity index (χ3n) is 4.00. The predicted molar refractivity (Wildman–Crippen MR) is 81.4 cm³/mol. The number of amides is 1. The van der Waals surface area contributed by atoms with E-state index in [2.05, 4.69) is 17.4 Å². The van der Waals surface area contributed by atoms with E-state index in [-0.39, 0.29) is 18.0 Å². The second kappa shape index (κ2) is 7.41. The molecule has 1 amide bonds. The van der Waals surface area contributed by atoms with Gasteiger partial charge in [0.25, 0.3) is 0 Å². The first kappa shape index (κ1) is 15.0. The Morgan fingerprint density at radius 2 is 2.10 bits per heavy atom. The summed E-state index contributed by atoms with van der Waals surface area (Å²) >= 11 is 0. The van der Waals surface area contributed by atoms with Crippen LogP contribution in [0.2, 0.25) is 0 Å². The van der Waals surface area contributed by atoms with Gasteiger partial charge in [0.1, 0.15) is 0 Å². The molecule has 1 aliphatic heterocycles. The lowest BCUT2D eigenvalue weighted by molar-refractivity contribution is -0.132.